The molecule has 0 aliphatic heterocycles. The second-order valence-corrected chi connectivity index (χ2v) is 7.92. The topological polar surface area (TPSA) is 242 Å². The Kier molecular flexibility index (Phi) is 8.69. The molecule has 3 rings (SSSR count). The van der Waals surface area contributed by atoms with Gasteiger partial charge in [0.25, 0.3) is 0 Å². The number of nitrogens with two attached hydrogens (primary N) is 1. The van der Waals surface area contributed by atoms with E-state index in [4.69, 9.17) is 15.6 Å². The van der Waals surface area contributed by atoms with Gasteiger partial charge in [-0.1, -0.05) is 12.1 Å². The van der Waals surface area contributed by atoms with Gasteiger partial charge in [-0.25, -0.2) is 14.7 Å². The molecule has 0 spiro atoms. The van der Waals surface area contributed by atoms with Crippen molar-refractivity contribution in [3.05, 3.63) is 46.0 Å². The van der Waals surface area contributed by atoms with Crippen LogP contribution in [-0.4, -0.2) is 65.5 Å². The number of nitrogens with one attached hydrogen (secondary N) is 5. The summed E-state index contributed by atoms with van der Waals surface area (Å²) in [5.74, 6) is -1.61. The summed E-state index contributed by atoms with van der Waals surface area (Å²) >= 11 is 0. The summed E-state index contributed by atoms with van der Waals surface area (Å²) in [6.45, 7) is 1.14. The average molecular weight is 518 g/mol. The van der Waals surface area contributed by atoms with E-state index in [1.807, 2.05) is 0 Å². The van der Waals surface area contributed by atoms with Crippen LogP contribution in [0.15, 0.2) is 29.1 Å². The molecule has 0 aliphatic rings. The molecule has 9 N–H and O–H groups in total. The molecule has 0 fully saturated rings. The van der Waals surface area contributed by atoms with Crippen LogP contribution in [0.25, 0.3) is 0 Å². The van der Waals surface area contributed by atoms with Crippen LogP contribution in [0.5, 0.6) is 5.88 Å². The quantitative estimate of drug-likeness (QED) is 0.148. The monoisotopic (exact) mass is 517 g/mol. The third-order valence-corrected chi connectivity index (χ3v) is 5.01. The van der Waals surface area contributed by atoms with E-state index in [0.717, 1.165) is 4.57 Å². The standard InChI is InChI=1S/C21H27N9O7/c1-11(17(33)34)24-21(36)37-10-12-4-2-5-13(8-12)25-15(31)9-30-16(32)14(26-20(30)35)6-3-7-23-19-27-18(22)28-29-19/h2,4-5,8,11,32H,3,6-7,9-10H2,1H3,(H,24,36)(H,25,31)(H,26,35)(H,33,34)(H4,22,23,27,28,29)/t11-/m0/s1. The summed E-state index contributed by atoms with van der Waals surface area (Å²) in [6.07, 6.45) is -0.0552. The summed E-state index contributed by atoms with van der Waals surface area (Å²) in [4.78, 5) is 53.6. The molecule has 2 amide bonds. The number of carbonyl (C=O) groups excluding carboxylic acids is 2. The zero-order valence-electron chi connectivity index (χ0n) is 19.8. The minimum atomic E-state index is -1.20. The van der Waals surface area contributed by atoms with Gasteiger partial charge in [0.1, 0.15) is 19.2 Å². The second-order valence-electron chi connectivity index (χ2n) is 7.92. The molecule has 37 heavy (non-hydrogen) atoms. The van der Waals surface area contributed by atoms with Crippen LogP contribution in [0.1, 0.15) is 24.6 Å². The van der Waals surface area contributed by atoms with E-state index in [0.29, 0.717) is 36.6 Å². The van der Waals surface area contributed by atoms with Crippen LogP contribution < -0.4 is 27.4 Å². The van der Waals surface area contributed by atoms with E-state index in [1.54, 1.807) is 24.3 Å². The number of carbonyl (C=O) groups is 3. The van der Waals surface area contributed by atoms with Gasteiger partial charge in [-0.3, -0.25) is 14.2 Å². The van der Waals surface area contributed by atoms with Crippen molar-refractivity contribution in [3.63, 3.8) is 0 Å². The van der Waals surface area contributed by atoms with Crippen LogP contribution in [0.4, 0.5) is 22.4 Å². The third kappa shape index (κ3) is 7.74. The summed E-state index contributed by atoms with van der Waals surface area (Å²) in [6, 6.07) is 5.29. The number of ether oxygens (including phenoxy) is 1. The first-order valence-corrected chi connectivity index (χ1v) is 11.1. The van der Waals surface area contributed by atoms with Crippen molar-refractivity contribution < 1.29 is 29.3 Å². The fourth-order valence-corrected chi connectivity index (χ4v) is 3.16. The van der Waals surface area contributed by atoms with Gasteiger partial charge >= 0.3 is 17.8 Å². The molecule has 1 aromatic carbocycles. The van der Waals surface area contributed by atoms with Gasteiger partial charge in [-0.15, -0.1) is 5.10 Å². The fourth-order valence-electron chi connectivity index (χ4n) is 3.16. The number of nitrogen functional groups attached to an aromatic ring is 1. The lowest BCUT2D eigenvalue weighted by Crippen LogP contribution is -2.38. The lowest BCUT2D eigenvalue weighted by molar-refractivity contribution is -0.138. The molecule has 198 valence electrons. The van der Waals surface area contributed by atoms with E-state index in [-0.39, 0.29) is 24.1 Å². The highest BCUT2D eigenvalue weighted by Gasteiger charge is 2.17. The van der Waals surface area contributed by atoms with Gasteiger partial charge < -0.3 is 41.6 Å². The van der Waals surface area contributed by atoms with E-state index in [1.165, 1.54) is 6.92 Å². The number of amides is 2. The SMILES string of the molecule is C[C@H](NC(=O)OCc1cccc(NC(=O)Cn2c(O)c(CCCNc3n[nH]c(N)n3)[nH]c2=O)c1)C(=O)O. The van der Waals surface area contributed by atoms with Crippen LogP contribution in [-0.2, 0) is 33.9 Å². The number of alkyl carbamates (subject to hydrolysis) is 1. The maximum Gasteiger partial charge on any atom is 0.408 e. The number of hydrogen-bond donors (Lipinski definition) is 8. The second kappa shape index (κ2) is 12.1. The number of aromatic amines is 2. The molecule has 2 aromatic heterocycles. The van der Waals surface area contributed by atoms with Crippen LogP contribution >= 0.6 is 0 Å². The normalized spacial score (nSPS) is 11.5. The first-order valence-electron chi connectivity index (χ1n) is 11.1. The molecule has 3 aromatic rings. The Hall–Kier alpha value is -5.02. The molecule has 0 unspecified atom stereocenters. The minimum Gasteiger partial charge on any atom is -0.493 e. The third-order valence-electron chi connectivity index (χ3n) is 5.01. The number of anilines is 3. The maximum absolute atomic E-state index is 12.5. The van der Waals surface area contributed by atoms with Crippen molar-refractivity contribution in [3.8, 4) is 5.88 Å². The molecule has 2 heterocycles. The Balaban J connectivity index is 1.50. The number of benzene rings is 1. The van der Waals surface area contributed by atoms with Gasteiger partial charge in [0.05, 0.1) is 5.69 Å². The first kappa shape index (κ1) is 26.6. The number of aryl methyl sites for hydroxylation is 1. The lowest BCUT2D eigenvalue weighted by atomic mass is 10.2. The summed E-state index contributed by atoms with van der Waals surface area (Å²) < 4.78 is 5.89. The summed E-state index contributed by atoms with van der Waals surface area (Å²) in [5, 5.41) is 33.2. The van der Waals surface area contributed by atoms with E-state index in [2.05, 4.69) is 36.1 Å². The van der Waals surface area contributed by atoms with Crippen LogP contribution in [0, 0.1) is 0 Å². The Morgan fingerprint density at radius 2 is 2.08 bits per heavy atom. The van der Waals surface area contributed by atoms with Crippen molar-refractivity contribution in [2.75, 3.05) is 22.9 Å². The average Bonchev–Trinajstić information content (AvgIpc) is 3.38. The van der Waals surface area contributed by atoms with Gasteiger partial charge in [0, 0.05) is 12.2 Å². The van der Waals surface area contributed by atoms with Gasteiger partial charge in [0.15, 0.2) is 0 Å². The molecular formula is C21H27N9O7. The number of aliphatic carboxylic acids is 1. The molecule has 0 aliphatic carbocycles. The van der Waals surface area contributed by atoms with Gasteiger partial charge in [-0.05, 0) is 37.5 Å². The van der Waals surface area contributed by atoms with E-state index < -0.39 is 36.2 Å². The summed E-state index contributed by atoms with van der Waals surface area (Å²) in [5.41, 5.74) is 5.98. The molecule has 16 nitrogen and oxygen atoms in total. The van der Waals surface area contributed by atoms with Crippen LogP contribution in [0.3, 0.4) is 0 Å². The molecule has 0 radical (unpaired) electrons. The van der Waals surface area contributed by atoms with Crippen molar-refractivity contribution in [2.24, 2.45) is 0 Å². The molecule has 16 heteroatoms. The zero-order chi connectivity index (χ0) is 26.9. The Morgan fingerprint density at radius 1 is 1.30 bits per heavy atom. The number of carboxylic acid groups (broad SMARTS) is 1. The van der Waals surface area contributed by atoms with Crippen molar-refractivity contribution in [2.45, 2.75) is 39.0 Å². The number of aromatic nitrogens is 5. The molecule has 0 saturated carbocycles. The predicted octanol–water partition coefficient (Wildman–Crippen LogP) is -0.0350. The largest absolute Gasteiger partial charge is 0.493 e. The fraction of sp³-hybridized carbons (Fsp3) is 0.333. The number of nitrogens with zero attached hydrogens (tertiary/aromatic N) is 3. The van der Waals surface area contributed by atoms with Gasteiger partial charge in [0.2, 0.25) is 23.7 Å². The van der Waals surface area contributed by atoms with Crippen molar-refractivity contribution in [1.82, 2.24) is 30.0 Å². The van der Waals surface area contributed by atoms with Crippen molar-refractivity contribution in [1.29, 1.82) is 0 Å². The number of H-pyrrole nitrogens is 2. The van der Waals surface area contributed by atoms with Crippen molar-refractivity contribution >= 4 is 35.6 Å². The maximum atomic E-state index is 12.5. The van der Waals surface area contributed by atoms with E-state index >= 15 is 0 Å². The number of carboxylic acids is 1. The molecule has 0 saturated heterocycles. The molecular weight excluding hydrogens is 490 g/mol. The highest BCUT2D eigenvalue weighted by molar-refractivity contribution is 5.90. The molecule has 0 bridgehead atoms. The number of rotatable bonds is 12. The number of hydrogen-bond acceptors (Lipinski definition) is 10. The predicted molar refractivity (Wildman–Crippen MR) is 130 cm³/mol. The van der Waals surface area contributed by atoms with Crippen LogP contribution in [0.2, 0.25) is 0 Å². The Bertz CT molecular complexity index is 1310. The number of aromatic hydroxyl groups is 1. The number of imidazole rings is 1. The molecule has 1 atom stereocenters. The summed E-state index contributed by atoms with van der Waals surface area (Å²) in [7, 11) is 0. The first-order chi connectivity index (χ1) is 17.6. The smallest absolute Gasteiger partial charge is 0.408 e. The minimum absolute atomic E-state index is 0.165. The van der Waals surface area contributed by atoms with E-state index in [9.17, 15) is 24.3 Å². The lowest BCUT2D eigenvalue weighted by Gasteiger charge is -2.11. The van der Waals surface area contributed by atoms with Gasteiger partial charge in [-0.2, -0.15) is 4.98 Å². The highest BCUT2D eigenvalue weighted by Crippen LogP contribution is 2.16. The highest BCUT2D eigenvalue weighted by atomic mass is 16.5. The Labute approximate surface area is 209 Å². The Morgan fingerprint density at radius 3 is 2.78 bits per heavy atom. The zero-order valence-corrected chi connectivity index (χ0v) is 19.8.